The van der Waals surface area contributed by atoms with Gasteiger partial charge in [0.2, 0.25) is 5.91 Å². The van der Waals surface area contributed by atoms with Gasteiger partial charge in [0, 0.05) is 24.8 Å². The topological polar surface area (TPSA) is 32.3 Å². The normalized spacial score (nSPS) is 25.4. The van der Waals surface area contributed by atoms with Gasteiger partial charge in [-0.2, -0.15) is 0 Å². The Hall–Kier alpha value is -1.51. The van der Waals surface area contributed by atoms with E-state index in [9.17, 15) is 4.79 Å². The van der Waals surface area contributed by atoms with Crippen molar-refractivity contribution in [3.05, 3.63) is 29.8 Å². The summed E-state index contributed by atoms with van der Waals surface area (Å²) in [6, 6.07) is 8.69. The molecule has 0 saturated carbocycles. The van der Waals surface area contributed by atoms with E-state index < -0.39 is 0 Å². The average molecular weight is 272 g/mol. The molecule has 0 aromatic heterocycles. The number of rotatable bonds is 2. The summed E-state index contributed by atoms with van der Waals surface area (Å²) >= 11 is 0. The van der Waals surface area contributed by atoms with Crippen LogP contribution in [0.5, 0.6) is 0 Å². The number of hydrogen-bond donors (Lipinski definition) is 1. The fourth-order valence-electron chi connectivity index (χ4n) is 3.68. The number of carbonyl (C=O) groups excluding carboxylic acids is 1. The summed E-state index contributed by atoms with van der Waals surface area (Å²) in [5, 5.41) is 3.40. The van der Waals surface area contributed by atoms with Crippen molar-refractivity contribution in [1.82, 2.24) is 4.90 Å². The zero-order chi connectivity index (χ0) is 14.1. The lowest BCUT2D eigenvalue weighted by molar-refractivity contribution is -0.134. The van der Waals surface area contributed by atoms with Crippen molar-refractivity contribution in [2.24, 2.45) is 5.92 Å². The Balaban J connectivity index is 1.85. The lowest BCUT2D eigenvalue weighted by atomic mass is 9.89. The molecule has 0 aliphatic carbocycles. The van der Waals surface area contributed by atoms with Crippen LogP contribution in [0, 0.1) is 5.92 Å². The Labute approximate surface area is 121 Å². The summed E-state index contributed by atoms with van der Waals surface area (Å²) in [7, 11) is 0. The third-order valence-corrected chi connectivity index (χ3v) is 4.73. The molecular formula is C17H24N2O. The minimum Gasteiger partial charge on any atom is -0.385 e. The third kappa shape index (κ3) is 2.30. The van der Waals surface area contributed by atoms with E-state index in [1.807, 2.05) is 12.1 Å². The number of benzene rings is 1. The van der Waals surface area contributed by atoms with Gasteiger partial charge in [-0.05, 0) is 36.8 Å². The molecule has 2 unspecified atom stereocenters. The number of amides is 1. The molecule has 1 amide bonds. The van der Waals surface area contributed by atoms with Crippen LogP contribution in [0.3, 0.4) is 0 Å². The second-order valence-electron chi connectivity index (χ2n) is 6.34. The van der Waals surface area contributed by atoms with Crippen LogP contribution in [0.4, 0.5) is 5.69 Å². The first-order valence-electron chi connectivity index (χ1n) is 7.81. The first-order valence-corrected chi connectivity index (χ1v) is 7.81. The molecule has 108 valence electrons. The van der Waals surface area contributed by atoms with E-state index in [0.717, 1.165) is 38.0 Å². The Bertz CT molecular complexity index is 498. The van der Waals surface area contributed by atoms with Crippen LogP contribution in [0.2, 0.25) is 0 Å². The van der Waals surface area contributed by atoms with Gasteiger partial charge in [-0.25, -0.2) is 0 Å². The molecule has 20 heavy (non-hydrogen) atoms. The van der Waals surface area contributed by atoms with Crippen molar-refractivity contribution in [1.29, 1.82) is 0 Å². The maximum Gasteiger partial charge on any atom is 0.230 e. The molecule has 0 radical (unpaired) electrons. The van der Waals surface area contributed by atoms with Crippen LogP contribution < -0.4 is 5.32 Å². The number of carbonyl (C=O) groups is 1. The third-order valence-electron chi connectivity index (χ3n) is 4.73. The number of anilines is 1. The Morgan fingerprint density at radius 3 is 2.90 bits per heavy atom. The first kappa shape index (κ1) is 13.5. The highest BCUT2D eigenvalue weighted by molar-refractivity contribution is 5.86. The van der Waals surface area contributed by atoms with E-state index in [1.54, 1.807) is 0 Å². The monoisotopic (exact) mass is 272 g/mol. The first-order chi connectivity index (χ1) is 9.68. The summed E-state index contributed by atoms with van der Waals surface area (Å²) in [5.41, 5.74) is 2.32. The molecule has 0 bridgehead atoms. The molecule has 1 aromatic carbocycles. The molecule has 1 N–H and O–H groups in total. The summed E-state index contributed by atoms with van der Waals surface area (Å²) in [6.07, 6.45) is 3.23. The highest BCUT2D eigenvalue weighted by atomic mass is 16.2. The molecular weight excluding hydrogens is 248 g/mol. The lowest BCUT2D eigenvalue weighted by Gasteiger charge is -2.33. The molecule has 1 saturated heterocycles. The van der Waals surface area contributed by atoms with Crippen molar-refractivity contribution in [3.8, 4) is 0 Å². The summed E-state index contributed by atoms with van der Waals surface area (Å²) in [5.74, 6) is 0.945. The second-order valence-corrected chi connectivity index (χ2v) is 6.34. The molecule has 0 spiro atoms. The van der Waals surface area contributed by atoms with Crippen LogP contribution in [0.25, 0.3) is 0 Å². The summed E-state index contributed by atoms with van der Waals surface area (Å²) in [4.78, 5) is 15.1. The van der Waals surface area contributed by atoms with Gasteiger partial charge in [0.25, 0.3) is 0 Å². The van der Waals surface area contributed by atoms with Crippen molar-refractivity contribution < 1.29 is 4.79 Å². The van der Waals surface area contributed by atoms with E-state index in [0.29, 0.717) is 17.9 Å². The molecule has 3 rings (SSSR count). The van der Waals surface area contributed by atoms with Gasteiger partial charge in [0.1, 0.15) is 0 Å². The highest BCUT2D eigenvalue weighted by Crippen LogP contribution is 2.35. The predicted octanol–water partition coefficient (Wildman–Crippen LogP) is 3.23. The van der Waals surface area contributed by atoms with E-state index >= 15 is 0 Å². The fraction of sp³-hybridized carbons (Fsp3) is 0.588. The van der Waals surface area contributed by atoms with E-state index in [2.05, 4.69) is 36.2 Å². The molecule has 1 fully saturated rings. The van der Waals surface area contributed by atoms with Gasteiger partial charge in [-0.1, -0.05) is 32.0 Å². The minimum absolute atomic E-state index is 0.0480. The smallest absolute Gasteiger partial charge is 0.230 e. The predicted molar refractivity (Wildman–Crippen MR) is 81.9 cm³/mol. The number of likely N-dealkylation sites (tertiary alicyclic amines) is 1. The zero-order valence-corrected chi connectivity index (χ0v) is 12.4. The molecule has 1 aromatic rings. The van der Waals surface area contributed by atoms with Crippen molar-refractivity contribution >= 4 is 11.6 Å². The average Bonchev–Trinajstić information content (AvgIpc) is 2.95. The number of nitrogens with one attached hydrogen (secondary N) is 1. The molecule has 2 atom stereocenters. The van der Waals surface area contributed by atoms with Gasteiger partial charge in [0.15, 0.2) is 0 Å². The van der Waals surface area contributed by atoms with Gasteiger partial charge < -0.3 is 10.2 Å². The van der Waals surface area contributed by atoms with E-state index in [4.69, 9.17) is 0 Å². The molecule has 2 aliphatic rings. The van der Waals surface area contributed by atoms with Crippen LogP contribution in [-0.4, -0.2) is 29.9 Å². The lowest BCUT2D eigenvalue weighted by Crippen LogP contribution is -2.42. The van der Waals surface area contributed by atoms with Crippen LogP contribution in [0.1, 0.15) is 44.6 Å². The zero-order valence-electron chi connectivity index (χ0n) is 12.4. The number of para-hydroxylation sites is 1. The van der Waals surface area contributed by atoms with Crippen molar-refractivity contribution in [2.75, 3.05) is 18.4 Å². The maximum atomic E-state index is 13.0. The summed E-state index contributed by atoms with van der Waals surface area (Å²) in [6.45, 7) is 6.29. The van der Waals surface area contributed by atoms with Crippen molar-refractivity contribution in [2.45, 2.75) is 45.1 Å². The molecule has 3 nitrogen and oxygen atoms in total. The van der Waals surface area contributed by atoms with Crippen LogP contribution >= 0.6 is 0 Å². The quantitative estimate of drug-likeness (QED) is 0.896. The highest BCUT2D eigenvalue weighted by Gasteiger charge is 2.36. The summed E-state index contributed by atoms with van der Waals surface area (Å²) < 4.78 is 0. The second kappa shape index (κ2) is 5.47. The number of fused-ring (bicyclic) bond motifs is 1. The van der Waals surface area contributed by atoms with Gasteiger partial charge >= 0.3 is 0 Å². The van der Waals surface area contributed by atoms with Gasteiger partial charge in [-0.3, -0.25) is 4.79 Å². The Morgan fingerprint density at radius 2 is 2.10 bits per heavy atom. The SMILES string of the molecule is CC(C)C1CCCN1C(=O)C1CCNc2ccccc21. The molecule has 2 heterocycles. The Morgan fingerprint density at radius 1 is 1.30 bits per heavy atom. The standard InChI is InChI=1S/C17H24N2O/c1-12(2)16-8-5-11-19(16)17(20)14-9-10-18-15-7-4-3-6-13(14)15/h3-4,6-7,12,14,16,18H,5,8-11H2,1-2H3. The van der Waals surface area contributed by atoms with E-state index in [1.165, 1.54) is 5.56 Å². The molecule has 2 aliphatic heterocycles. The van der Waals surface area contributed by atoms with Crippen LogP contribution in [-0.2, 0) is 4.79 Å². The van der Waals surface area contributed by atoms with Crippen molar-refractivity contribution in [3.63, 3.8) is 0 Å². The minimum atomic E-state index is 0.0480. The largest absolute Gasteiger partial charge is 0.385 e. The van der Waals surface area contributed by atoms with Crippen LogP contribution in [0.15, 0.2) is 24.3 Å². The number of hydrogen-bond acceptors (Lipinski definition) is 2. The fourth-order valence-corrected chi connectivity index (χ4v) is 3.68. The van der Waals surface area contributed by atoms with Gasteiger partial charge in [-0.15, -0.1) is 0 Å². The Kier molecular flexibility index (Phi) is 3.68. The van der Waals surface area contributed by atoms with E-state index in [-0.39, 0.29) is 5.92 Å². The van der Waals surface area contributed by atoms with Gasteiger partial charge in [0.05, 0.1) is 5.92 Å². The number of nitrogens with zero attached hydrogens (tertiary/aromatic N) is 1. The maximum absolute atomic E-state index is 13.0. The molecule has 3 heteroatoms.